The number of hydrogen-bond donors (Lipinski definition) is 0. The maximum absolute atomic E-state index is 13.0. The normalized spacial score (nSPS) is 18.5. The van der Waals surface area contributed by atoms with Crippen LogP contribution in [-0.4, -0.2) is 10.4 Å². The van der Waals surface area contributed by atoms with E-state index in [1.54, 1.807) is 12.1 Å². The lowest BCUT2D eigenvalue weighted by molar-refractivity contribution is 0.0952. The summed E-state index contributed by atoms with van der Waals surface area (Å²) in [5, 5.41) is 0. The number of rotatable bonds is 1. The lowest BCUT2D eigenvalue weighted by atomic mass is 9.88. The lowest BCUT2D eigenvalue weighted by Gasteiger charge is -2.20. The average Bonchev–Trinajstić information content (AvgIpc) is 2.67. The fourth-order valence-corrected chi connectivity index (χ4v) is 2.91. The molecule has 1 heterocycles. The summed E-state index contributed by atoms with van der Waals surface area (Å²) in [6, 6.07) is 8.37. The van der Waals surface area contributed by atoms with Gasteiger partial charge in [0.25, 0.3) is 0 Å². The number of halogens is 1. The van der Waals surface area contributed by atoms with E-state index in [0.29, 0.717) is 12.3 Å². The molecule has 0 spiro atoms. The second-order valence-electron chi connectivity index (χ2n) is 5.39. The van der Waals surface area contributed by atoms with E-state index in [0.717, 1.165) is 29.1 Å². The number of aromatic nitrogens is 1. The molecule has 0 aliphatic heterocycles. The Bertz CT molecular complexity index is 640. The molecule has 0 saturated heterocycles. The van der Waals surface area contributed by atoms with Crippen molar-refractivity contribution in [3.8, 4) is 5.69 Å². The second-order valence-corrected chi connectivity index (χ2v) is 5.39. The van der Waals surface area contributed by atoms with Crippen molar-refractivity contribution in [3.05, 3.63) is 53.1 Å². The van der Waals surface area contributed by atoms with Gasteiger partial charge in [0.05, 0.1) is 0 Å². The van der Waals surface area contributed by atoms with Gasteiger partial charge in [-0.05, 0) is 49.6 Å². The van der Waals surface area contributed by atoms with Crippen LogP contribution in [0.4, 0.5) is 4.39 Å². The van der Waals surface area contributed by atoms with Crippen molar-refractivity contribution >= 4 is 5.78 Å². The summed E-state index contributed by atoms with van der Waals surface area (Å²) in [6.07, 6.45) is 1.52. The fraction of sp³-hybridized carbons (Fsp3) is 0.312. The van der Waals surface area contributed by atoms with E-state index in [-0.39, 0.29) is 11.6 Å². The van der Waals surface area contributed by atoms with Crippen LogP contribution >= 0.6 is 0 Å². The Morgan fingerprint density at radius 2 is 1.89 bits per heavy atom. The highest BCUT2D eigenvalue weighted by molar-refractivity contribution is 5.98. The van der Waals surface area contributed by atoms with E-state index >= 15 is 0 Å². The van der Waals surface area contributed by atoms with Crippen molar-refractivity contribution in [3.63, 3.8) is 0 Å². The molecule has 0 radical (unpaired) electrons. The molecule has 0 N–H and O–H groups in total. The first-order valence-electron chi connectivity index (χ1n) is 6.56. The Kier molecular flexibility index (Phi) is 2.77. The van der Waals surface area contributed by atoms with Gasteiger partial charge < -0.3 is 4.57 Å². The minimum atomic E-state index is -0.244. The van der Waals surface area contributed by atoms with E-state index in [2.05, 4.69) is 11.5 Å². The van der Waals surface area contributed by atoms with Crippen molar-refractivity contribution in [2.45, 2.75) is 26.7 Å². The maximum Gasteiger partial charge on any atom is 0.164 e. The van der Waals surface area contributed by atoms with Crippen LogP contribution < -0.4 is 0 Å². The molecule has 19 heavy (non-hydrogen) atoms. The third-order valence-electron chi connectivity index (χ3n) is 3.75. The molecule has 0 bridgehead atoms. The van der Waals surface area contributed by atoms with E-state index in [1.807, 2.05) is 13.0 Å². The molecule has 0 fully saturated rings. The Labute approximate surface area is 111 Å². The second kappa shape index (κ2) is 4.34. The summed E-state index contributed by atoms with van der Waals surface area (Å²) in [7, 11) is 0. The summed E-state index contributed by atoms with van der Waals surface area (Å²) in [4.78, 5) is 12.1. The van der Waals surface area contributed by atoms with Crippen LogP contribution in [0.25, 0.3) is 5.69 Å². The molecule has 0 unspecified atom stereocenters. The first-order valence-corrected chi connectivity index (χ1v) is 6.56. The number of ketones is 1. The zero-order valence-corrected chi connectivity index (χ0v) is 11.1. The molecule has 0 saturated carbocycles. The number of carbonyl (C=O) groups excluding carboxylic acids is 1. The van der Waals surface area contributed by atoms with Crippen LogP contribution in [-0.2, 0) is 6.42 Å². The molecular formula is C16H16FNO. The summed E-state index contributed by atoms with van der Waals surface area (Å²) in [5.41, 5.74) is 3.84. The molecule has 2 aromatic rings. The van der Waals surface area contributed by atoms with Crippen molar-refractivity contribution in [2.75, 3.05) is 0 Å². The van der Waals surface area contributed by atoms with Gasteiger partial charge in [0.2, 0.25) is 0 Å². The molecule has 3 heteroatoms. The third-order valence-corrected chi connectivity index (χ3v) is 3.75. The highest BCUT2D eigenvalue weighted by Crippen LogP contribution is 2.30. The largest absolute Gasteiger partial charge is 0.317 e. The fourth-order valence-electron chi connectivity index (χ4n) is 2.91. The third kappa shape index (κ3) is 1.99. The maximum atomic E-state index is 13.0. The first kappa shape index (κ1) is 12.2. The number of benzene rings is 1. The molecule has 1 aromatic heterocycles. The molecular weight excluding hydrogens is 241 g/mol. The minimum absolute atomic E-state index is 0.220. The number of hydrogen-bond acceptors (Lipinski definition) is 1. The van der Waals surface area contributed by atoms with Crippen LogP contribution in [0.15, 0.2) is 30.3 Å². The van der Waals surface area contributed by atoms with Crippen molar-refractivity contribution < 1.29 is 9.18 Å². The van der Waals surface area contributed by atoms with Gasteiger partial charge in [0.15, 0.2) is 5.78 Å². The molecule has 3 rings (SSSR count). The lowest BCUT2D eigenvalue weighted by Crippen LogP contribution is -2.19. The van der Waals surface area contributed by atoms with Crippen LogP contribution in [0.3, 0.4) is 0 Å². The van der Waals surface area contributed by atoms with Gasteiger partial charge in [-0.15, -0.1) is 0 Å². The standard InChI is InChI=1S/C16H16FNO/c1-10-7-15-14(16(19)8-10)9-11(2)18(15)13-5-3-12(17)4-6-13/h3-6,9-10H,7-8H2,1-2H3/t10-/m1/s1. The van der Waals surface area contributed by atoms with Gasteiger partial charge in [0.1, 0.15) is 5.82 Å². The van der Waals surface area contributed by atoms with E-state index in [1.165, 1.54) is 12.1 Å². The Morgan fingerprint density at radius 1 is 1.21 bits per heavy atom. The smallest absolute Gasteiger partial charge is 0.164 e. The highest BCUT2D eigenvalue weighted by atomic mass is 19.1. The number of fused-ring (bicyclic) bond motifs is 1. The van der Waals surface area contributed by atoms with E-state index in [9.17, 15) is 9.18 Å². The molecule has 1 atom stereocenters. The predicted octanol–water partition coefficient (Wildman–Crippen LogP) is 3.69. The first-order chi connectivity index (χ1) is 9.06. The van der Waals surface area contributed by atoms with Crippen LogP contribution in [0.2, 0.25) is 0 Å². The summed E-state index contributed by atoms with van der Waals surface area (Å²) in [6.45, 7) is 4.08. The van der Waals surface area contributed by atoms with Gasteiger partial charge >= 0.3 is 0 Å². The van der Waals surface area contributed by atoms with Gasteiger partial charge in [-0.1, -0.05) is 6.92 Å². The van der Waals surface area contributed by atoms with Gasteiger partial charge in [0, 0.05) is 29.1 Å². The number of carbonyl (C=O) groups is 1. The monoisotopic (exact) mass is 257 g/mol. The summed E-state index contributed by atoms with van der Waals surface area (Å²) in [5.74, 6) is 0.345. The SMILES string of the molecule is Cc1cc2c(n1-c1ccc(F)cc1)C[C@@H](C)CC2=O. The predicted molar refractivity (Wildman–Crippen MR) is 72.3 cm³/mol. The Morgan fingerprint density at radius 3 is 2.58 bits per heavy atom. The van der Waals surface area contributed by atoms with E-state index in [4.69, 9.17) is 0 Å². The quantitative estimate of drug-likeness (QED) is 0.763. The number of aryl methyl sites for hydroxylation is 1. The zero-order chi connectivity index (χ0) is 13.6. The molecule has 1 aromatic carbocycles. The summed E-state index contributed by atoms with van der Waals surface area (Å²) < 4.78 is 15.1. The van der Waals surface area contributed by atoms with Gasteiger partial charge in [-0.25, -0.2) is 4.39 Å². The molecule has 2 nitrogen and oxygen atoms in total. The minimum Gasteiger partial charge on any atom is -0.317 e. The van der Waals surface area contributed by atoms with Gasteiger partial charge in [-0.3, -0.25) is 4.79 Å². The zero-order valence-electron chi connectivity index (χ0n) is 11.1. The van der Waals surface area contributed by atoms with Crippen LogP contribution in [0, 0.1) is 18.7 Å². The molecule has 1 aliphatic rings. The van der Waals surface area contributed by atoms with Crippen molar-refractivity contribution in [2.24, 2.45) is 5.92 Å². The average molecular weight is 257 g/mol. The summed E-state index contributed by atoms with van der Waals surface area (Å²) >= 11 is 0. The molecule has 98 valence electrons. The highest BCUT2D eigenvalue weighted by Gasteiger charge is 2.27. The molecule has 0 amide bonds. The number of nitrogens with zero attached hydrogens (tertiary/aromatic N) is 1. The molecule has 1 aliphatic carbocycles. The topological polar surface area (TPSA) is 22.0 Å². The Balaban J connectivity index is 2.17. The Hall–Kier alpha value is -1.90. The van der Waals surface area contributed by atoms with Crippen molar-refractivity contribution in [1.29, 1.82) is 0 Å². The van der Waals surface area contributed by atoms with Crippen molar-refractivity contribution in [1.82, 2.24) is 4.57 Å². The van der Waals surface area contributed by atoms with Crippen LogP contribution in [0.1, 0.15) is 35.1 Å². The van der Waals surface area contributed by atoms with E-state index < -0.39 is 0 Å². The number of Topliss-reactive ketones (excluding diaryl/α,β-unsaturated/α-hetero) is 1. The van der Waals surface area contributed by atoms with Gasteiger partial charge in [-0.2, -0.15) is 0 Å². The van der Waals surface area contributed by atoms with Crippen LogP contribution in [0.5, 0.6) is 0 Å².